The van der Waals surface area contributed by atoms with Crippen LogP contribution < -0.4 is 4.74 Å². The number of carbonyl (C=O) groups is 2. The van der Waals surface area contributed by atoms with Crippen LogP contribution in [0.5, 0.6) is 5.75 Å². The third-order valence-electron chi connectivity index (χ3n) is 4.27. The van der Waals surface area contributed by atoms with Crippen LogP contribution in [0.2, 0.25) is 0 Å². The third kappa shape index (κ3) is 7.54. The predicted octanol–water partition coefficient (Wildman–Crippen LogP) is 5.21. The van der Waals surface area contributed by atoms with E-state index in [1.54, 1.807) is 0 Å². The Morgan fingerprint density at radius 3 is 2.50 bits per heavy atom. The number of carboxylic acids is 1. The molecule has 30 heavy (non-hydrogen) atoms. The molecule has 2 rings (SSSR count). The zero-order valence-corrected chi connectivity index (χ0v) is 17.6. The van der Waals surface area contributed by atoms with Crippen LogP contribution in [0.3, 0.4) is 0 Å². The Labute approximate surface area is 176 Å². The molecule has 0 radical (unpaired) electrons. The molecule has 2 aromatic rings. The van der Waals surface area contributed by atoms with Crippen LogP contribution in [0.4, 0.5) is 0 Å². The maximum Gasteiger partial charge on any atom is 0.358 e. The lowest BCUT2D eigenvalue weighted by atomic mass is 10.1. The second-order valence-electron chi connectivity index (χ2n) is 7.12. The summed E-state index contributed by atoms with van der Waals surface area (Å²) in [5.41, 5.74) is 3.16. The minimum absolute atomic E-state index is 0.0225. The van der Waals surface area contributed by atoms with E-state index in [1.807, 2.05) is 43.3 Å². The fourth-order valence-corrected chi connectivity index (χ4v) is 2.60. The average molecular weight is 409 g/mol. The van der Waals surface area contributed by atoms with E-state index >= 15 is 0 Å². The Balaban J connectivity index is 2.01. The number of aromatic nitrogens is 1. The number of allylic oxidation sites excluding steroid dienone is 3. The van der Waals surface area contributed by atoms with Gasteiger partial charge in [0.25, 0.3) is 0 Å². The summed E-state index contributed by atoms with van der Waals surface area (Å²) in [6.45, 7) is 6.41. The van der Waals surface area contributed by atoms with Crippen molar-refractivity contribution in [1.29, 1.82) is 0 Å². The van der Waals surface area contributed by atoms with Crippen LogP contribution in [0.1, 0.15) is 60.0 Å². The molecular formula is C24H27NO5. The number of benzene rings is 1. The van der Waals surface area contributed by atoms with Gasteiger partial charge in [0.1, 0.15) is 13.2 Å². The fourth-order valence-electron chi connectivity index (χ4n) is 2.60. The zero-order chi connectivity index (χ0) is 21.9. The molecule has 0 bridgehead atoms. The quantitative estimate of drug-likeness (QED) is 0.428. The lowest BCUT2D eigenvalue weighted by Gasteiger charge is -2.10. The summed E-state index contributed by atoms with van der Waals surface area (Å²) in [4.78, 5) is 27.6. The zero-order valence-electron chi connectivity index (χ0n) is 17.6. The van der Waals surface area contributed by atoms with Gasteiger partial charge >= 0.3 is 11.9 Å². The first-order valence-electron chi connectivity index (χ1n) is 9.73. The van der Waals surface area contributed by atoms with Gasteiger partial charge in [0, 0.05) is 6.20 Å². The van der Waals surface area contributed by atoms with Crippen molar-refractivity contribution in [1.82, 2.24) is 4.98 Å². The number of rotatable bonds is 10. The standard InChI is InChI=1S/C24H27NO5/c1-17(2)8-7-9-18(3)12-13-29-24(28)20-14-21(22(23(26)27)25-15-20)30-16-19-10-5-4-6-11-19/h4-6,8,10-12,14-15H,7,9,13,16H2,1-3H3,(H,26,27). The molecule has 0 amide bonds. The van der Waals surface area contributed by atoms with Gasteiger partial charge in [0.15, 0.2) is 11.4 Å². The van der Waals surface area contributed by atoms with E-state index in [0.29, 0.717) is 0 Å². The summed E-state index contributed by atoms with van der Waals surface area (Å²) >= 11 is 0. The molecule has 0 aliphatic carbocycles. The third-order valence-corrected chi connectivity index (χ3v) is 4.27. The van der Waals surface area contributed by atoms with Crippen LogP contribution in [0.25, 0.3) is 0 Å². The number of ether oxygens (including phenoxy) is 2. The van der Waals surface area contributed by atoms with Gasteiger partial charge in [0.2, 0.25) is 0 Å². The van der Waals surface area contributed by atoms with Crippen LogP contribution in [-0.2, 0) is 11.3 Å². The summed E-state index contributed by atoms with van der Waals surface area (Å²) in [7, 11) is 0. The van der Waals surface area contributed by atoms with Crippen LogP contribution in [0.15, 0.2) is 65.9 Å². The van der Waals surface area contributed by atoms with Crippen molar-refractivity contribution in [2.24, 2.45) is 0 Å². The van der Waals surface area contributed by atoms with Crippen molar-refractivity contribution in [2.75, 3.05) is 6.61 Å². The molecule has 0 unspecified atom stereocenters. The number of hydrogen-bond acceptors (Lipinski definition) is 5. The van der Waals surface area contributed by atoms with Crippen molar-refractivity contribution in [3.05, 3.63) is 82.7 Å². The van der Waals surface area contributed by atoms with Crippen molar-refractivity contribution in [3.63, 3.8) is 0 Å². The molecular weight excluding hydrogens is 382 g/mol. The Morgan fingerprint density at radius 2 is 1.83 bits per heavy atom. The lowest BCUT2D eigenvalue weighted by molar-refractivity contribution is 0.0545. The first-order chi connectivity index (χ1) is 14.4. The minimum Gasteiger partial charge on any atom is -0.486 e. The van der Waals surface area contributed by atoms with Gasteiger partial charge in [-0.1, -0.05) is 47.6 Å². The van der Waals surface area contributed by atoms with Gasteiger partial charge in [-0.3, -0.25) is 0 Å². The van der Waals surface area contributed by atoms with E-state index in [4.69, 9.17) is 9.47 Å². The minimum atomic E-state index is -1.23. The van der Waals surface area contributed by atoms with Gasteiger partial charge in [-0.05, 0) is 51.3 Å². The number of hydrogen-bond donors (Lipinski definition) is 1. The molecule has 6 heteroatoms. The molecule has 0 spiro atoms. The maximum absolute atomic E-state index is 12.3. The molecule has 1 aromatic carbocycles. The monoisotopic (exact) mass is 409 g/mol. The topological polar surface area (TPSA) is 85.7 Å². The Bertz CT molecular complexity index is 928. The molecule has 1 N–H and O–H groups in total. The fraction of sp³-hybridized carbons (Fsp3) is 0.292. The van der Waals surface area contributed by atoms with Crippen molar-refractivity contribution < 1.29 is 24.2 Å². The Hall–Kier alpha value is -3.41. The van der Waals surface area contributed by atoms with Crippen molar-refractivity contribution >= 4 is 11.9 Å². The summed E-state index contributed by atoms with van der Waals surface area (Å²) in [6, 6.07) is 10.7. The van der Waals surface area contributed by atoms with Crippen LogP contribution in [0, 0.1) is 0 Å². The van der Waals surface area contributed by atoms with Gasteiger partial charge in [-0.2, -0.15) is 0 Å². The summed E-state index contributed by atoms with van der Waals surface area (Å²) in [5, 5.41) is 9.33. The molecule has 0 atom stereocenters. The first kappa shape index (κ1) is 22.9. The highest BCUT2D eigenvalue weighted by Crippen LogP contribution is 2.20. The van der Waals surface area contributed by atoms with Gasteiger partial charge in [-0.15, -0.1) is 0 Å². The molecule has 158 valence electrons. The van der Waals surface area contributed by atoms with Gasteiger partial charge < -0.3 is 14.6 Å². The van der Waals surface area contributed by atoms with Crippen LogP contribution in [-0.4, -0.2) is 28.6 Å². The molecule has 1 heterocycles. The van der Waals surface area contributed by atoms with E-state index in [9.17, 15) is 14.7 Å². The molecule has 6 nitrogen and oxygen atoms in total. The summed E-state index contributed by atoms with van der Waals surface area (Å²) in [5.74, 6) is -1.79. The maximum atomic E-state index is 12.3. The Kier molecular flexibility index (Phi) is 8.81. The molecule has 0 aliphatic rings. The second-order valence-corrected chi connectivity index (χ2v) is 7.12. The van der Waals surface area contributed by atoms with E-state index in [-0.39, 0.29) is 30.2 Å². The second kappa shape index (κ2) is 11.6. The lowest BCUT2D eigenvalue weighted by Crippen LogP contribution is -2.11. The van der Waals surface area contributed by atoms with E-state index in [2.05, 4.69) is 24.9 Å². The van der Waals surface area contributed by atoms with Gasteiger partial charge in [-0.25, -0.2) is 14.6 Å². The van der Waals surface area contributed by atoms with E-state index in [1.165, 1.54) is 17.8 Å². The molecule has 0 aliphatic heterocycles. The number of esters is 1. The number of carbonyl (C=O) groups excluding carboxylic acids is 1. The Morgan fingerprint density at radius 1 is 1.10 bits per heavy atom. The number of aromatic carboxylic acids is 1. The van der Waals surface area contributed by atoms with Crippen molar-refractivity contribution in [2.45, 2.75) is 40.2 Å². The van der Waals surface area contributed by atoms with Crippen molar-refractivity contribution in [3.8, 4) is 5.75 Å². The predicted molar refractivity (Wildman–Crippen MR) is 115 cm³/mol. The van der Waals surface area contributed by atoms with E-state index in [0.717, 1.165) is 24.0 Å². The molecule has 0 saturated carbocycles. The highest BCUT2D eigenvalue weighted by molar-refractivity contribution is 5.93. The highest BCUT2D eigenvalue weighted by atomic mass is 16.5. The van der Waals surface area contributed by atoms with Gasteiger partial charge in [0.05, 0.1) is 5.56 Å². The normalized spacial score (nSPS) is 11.0. The number of nitrogens with zero attached hydrogens (tertiary/aromatic N) is 1. The van der Waals surface area contributed by atoms with E-state index < -0.39 is 11.9 Å². The SMILES string of the molecule is CC(C)=CCCC(C)=CCOC(=O)c1cnc(C(=O)O)c(OCc2ccccc2)c1. The molecule has 0 fully saturated rings. The summed E-state index contributed by atoms with van der Waals surface area (Å²) < 4.78 is 10.9. The molecule has 1 aromatic heterocycles. The summed E-state index contributed by atoms with van der Waals surface area (Å²) in [6.07, 6.45) is 7.06. The average Bonchev–Trinajstić information content (AvgIpc) is 2.72. The smallest absolute Gasteiger partial charge is 0.358 e. The number of carboxylic acid groups (broad SMARTS) is 1. The highest BCUT2D eigenvalue weighted by Gasteiger charge is 2.18. The largest absolute Gasteiger partial charge is 0.486 e. The van der Waals surface area contributed by atoms with Crippen LogP contribution >= 0.6 is 0 Å². The first-order valence-corrected chi connectivity index (χ1v) is 9.73. The number of pyridine rings is 1. The molecule has 0 saturated heterocycles.